The lowest BCUT2D eigenvalue weighted by Crippen LogP contribution is -2.42. The normalized spacial score (nSPS) is 18.6. The van der Waals surface area contributed by atoms with Crippen molar-refractivity contribution in [2.45, 2.75) is 12.8 Å². The molecule has 0 aromatic heterocycles. The van der Waals surface area contributed by atoms with Crippen molar-refractivity contribution in [3.63, 3.8) is 0 Å². The number of esters is 1. The average molecular weight is 279 g/mol. The molecule has 1 aromatic carbocycles. The van der Waals surface area contributed by atoms with Crippen LogP contribution in [0, 0.1) is 5.92 Å². The van der Waals surface area contributed by atoms with Crippen molar-refractivity contribution in [3.05, 3.63) is 23.8 Å². The zero-order valence-corrected chi connectivity index (χ0v) is 11.2. The summed E-state index contributed by atoms with van der Waals surface area (Å²) in [7, 11) is 1.32. The van der Waals surface area contributed by atoms with Crippen LogP contribution in [0.2, 0.25) is 0 Å². The Hall–Kier alpha value is -2.24. The van der Waals surface area contributed by atoms with Crippen molar-refractivity contribution in [3.8, 4) is 11.5 Å². The summed E-state index contributed by atoms with van der Waals surface area (Å²) in [5.74, 6) is -1.71. The van der Waals surface area contributed by atoms with Gasteiger partial charge in [0.15, 0.2) is 0 Å². The van der Waals surface area contributed by atoms with Crippen molar-refractivity contribution in [1.29, 1.82) is 0 Å². The van der Waals surface area contributed by atoms with E-state index in [4.69, 9.17) is 4.74 Å². The third kappa shape index (κ3) is 2.68. The Morgan fingerprint density at radius 1 is 1.30 bits per heavy atom. The third-order valence-corrected chi connectivity index (χ3v) is 3.48. The van der Waals surface area contributed by atoms with Crippen LogP contribution in [-0.4, -0.2) is 47.2 Å². The average Bonchev–Trinajstić information content (AvgIpc) is 2.46. The van der Waals surface area contributed by atoms with Crippen molar-refractivity contribution >= 4 is 11.9 Å². The number of piperidine rings is 1. The summed E-state index contributed by atoms with van der Waals surface area (Å²) in [5, 5.41) is 19.4. The highest BCUT2D eigenvalue weighted by atomic mass is 16.5. The number of hydrogen-bond acceptors (Lipinski definition) is 5. The molecule has 1 aliphatic heterocycles. The maximum Gasteiger partial charge on any atom is 0.310 e. The fourth-order valence-corrected chi connectivity index (χ4v) is 2.43. The maximum absolute atomic E-state index is 12.4. The number of phenols is 2. The monoisotopic (exact) mass is 279 g/mol. The van der Waals surface area contributed by atoms with Crippen LogP contribution in [0.5, 0.6) is 11.5 Å². The van der Waals surface area contributed by atoms with Crippen molar-refractivity contribution in [2.24, 2.45) is 5.92 Å². The van der Waals surface area contributed by atoms with Gasteiger partial charge in [0.25, 0.3) is 5.91 Å². The second-order valence-corrected chi connectivity index (χ2v) is 4.78. The van der Waals surface area contributed by atoms with Gasteiger partial charge in [-0.3, -0.25) is 9.59 Å². The van der Waals surface area contributed by atoms with E-state index >= 15 is 0 Å². The van der Waals surface area contributed by atoms with Crippen molar-refractivity contribution in [2.75, 3.05) is 20.2 Å². The molecule has 2 N–H and O–H groups in total. The number of nitrogens with zero attached hydrogens (tertiary/aromatic N) is 1. The summed E-state index contributed by atoms with van der Waals surface area (Å²) in [6, 6.07) is 4.14. The van der Waals surface area contributed by atoms with Gasteiger partial charge >= 0.3 is 5.97 Å². The molecule has 1 saturated heterocycles. The molecule has 0 aliphatic carbocycles. The lowest BCUT2D eigenvalue weighted by Gasteiger charge is -2.31. The molecule has 1 aliphatic rings. The van der Waals surface area contributed by atoms with Gasteiger partial charge in [-0.1, -0.05) is 6.07 Å². The second-order valence-electron chi connectivity index (χ2n) is 4.78. The number of likely N-dealkylation sites (tertiary alicyclic amines) is 1. The first-order valence-corrected chi connectivity index (χ1v) is 6.42. The van der Waals surface area contributed by atoms with E-state index in [1.807, 2.05) is 0 Å². The van der Waals surface area contributed by atoms with Crippen LogP contribution in [0.4, 0.5) is 0 Å². The van der Waals surface area contributed by atoms with E-state index in [2.05, 4.69) is 0 Å². The summed E-state index contributed by atoms with van der Waals surface area (Å²) in [5.41, 5.74) is -0.127. The number of carbonyl (C=O) groups is 2. The summed E-state index contributed by atoms with van der Waals surface area (Å²) < 4.78 is 4.70. The first kappa shape index (κ1) is 14.2. The molecule has 1 heterocycles. The largest absolute Gasteiger partial charge is 0.507 e. The highest BCUT2D eigenvalue weighted by Gasteiger charge is 2.31. The highest BCUT2D eigenvalue weighted by molar-refractivity contribution is 5.99. The van der Waals surface area contributed by atoms with Crippen LogP contribution in [-0.2, 0) is 9.53 Å². The van der Waals surface area contributed by atoms with E-state index in [9.17, 15) is 19.8 Å². The molecule has 1 aromatic rings. The zero-order chi connectivity index (χ0) is 14.7. The zero-order valence-electron chi connectivity index (χ0n) is 11.2. The van der Waals surface area contributed by atoms with Crippen LogP contribution >= 0.6 is 0 Å². The molecule has 6 nitrogen and oxygen atoms in total. The summed E-state index contributed by atoms with van der Waals surface area (Å²) in [4.78, 5) is 25.4. The molecular formula is C14H17NO5. The molecular weight excluding hydrogens is 262 g/mol. The summed E-state index contributed by atoms with van der Waals surface area (Å²) in [6.07, 6.45) is 1.35. The Morgan fingerprint density at radius 3 is 2.55 bits per heavy atom. The van der Waals surface area contributed by atoms with Crippen LogP contribution in [0.1, 0.15) is 23.2 Å². The SMILES string of the molecule is COC(=O)C1CCCN(C(=O)c2c(O)cccc2O)C1. The molecule has 20 heavy (non-hydrogen) atoms. The topological polar surface area (TPSA) is 87.1 Å². The number of carbonyl (C=O) groups excluding carboxylic acids is 2. The van der Waals surface area contributed by atoms with Gasteiger partial charge in [-0.2, -0.15) is 0 Å². The Bertz CT molecular complexity index is 508. The smallest absolute Gasteiger partial charge is 0.310 e. The number of benzene rings is 1. The molecule has 1 fully saturated rings. The standard InChI is InChI=1S/C14H17NO5/c1-20-14(19)9-4-3-7-15(8-9)13(18)12-10(16)5-2-6-11(12)17/h2,5-6,9,16-17H,3-4,7-8H2,1H3. The minimum atomic E-state index is -0.478. The van der Waals surface area contributed by atoms with E-state index in [1.165, 1.54) is 30.2 Å². The first-order chi connectivity index (χ1) is 9.54. The Labute approximate surface area is 116 Å². The molecule has 1 unspecified atom stereocenters. The quantitative estimate of drug-likeness (QED) is 0.792. The predicted molar refractivity (Wildman–Crippen MR) is 70.4 cm³/mol. The second kappa shape index (κ2) is 5.81. The minimum absolute atomic E-state index is 0.127. The number of rotatable bonds is 2. The highest BCUT2D eigenvalue weighted by Crippen LogP contribution is 2.29. The summed E-state index contributed by atoms with van der Waals surface area (Å²) >= 11 is 0. The van der Waals surface area contributed by atoms with Gasteiger partial charge < -0.3 is 19.8 Å². The number of amides is 1. The molecule has 0 radical (unpaired) electrons. The fraction of sp³-hybridized carbons (Fsp3) is 0.429. The predicted octanol–water partition coefficient (Wildman–Crippen LogP) is 1.12. The third-order valence-electron chi connectivity index (χ3n) is 3.48. The number of ether oxygens (including phenoxy) is 1. The van der Waals surface area contributed by atoms with Crippen LogP contribution in [0.15, 0.2) is 18.2 Å². The fourth-order valence-electron chi connectivity index (χ4n) is 2.43. The van der Waals surface area contributed by atoms with Gasteiger partial charge in [-0.15, -0.1) is 0 Å². The number of methoxy groups -OCH3 is 1. The van der Waals surface area contributed by atoms with Crippen LogP contribution in [0.25, 0.3) is 0 Å². The molecule has 6 heteroatoms. The lowest BCUT2D eigenvalue weighted by molar-refractivity contribution is -0.146. The lowest BCUT2D eigenvalue weighted by atomic mass is 9.97. The number of phenolic OH excluding ortho intramolecular Hbond substituents is 2. The maximum atomic E-state index is 12.4. The molecule has 0 bridgehead atoms. The molecule has 108 valence electrons. The Morgan fingerprint density at radius 2 is 1.95 bits per heavy atom. The van der Waals surface area contributed by atoms with E-state index < -0.39 is 5.91 Å². The van der Waals surface area contributed by atoms with Crippen molar-refractivity contribution in [1.82, 2.24) is 4.90 Å². The molecule has 1 amide bonds. The number of aromatic hydroxyl groups is 2. The van der Waals surface area contributed by atoms with E-state index in [0.717, 1.165) is 0 Å². The number of hydrogen-bond donors (Lipinski definition) is 2. The molecule has 2 rings (SSSR count). The molecule has 0 spiro atoms. The molecule has 1 atom stereocenters. The van der Waals surface area contributed by atoms with Crippen LogP contribution < -0.4 is 0 Å². The molecule has 0 saturated carbocycles. The van der Waals surface area contributed by atoms with E-state index in [-0.39, 0.29) is 35.5 Å². The van der Waals surface area contributed by atoms with Gasteiger partial charge in [-0.25, -0.2) is 0 Å². The minimum Gasteiger partial charge on any atom is -0.507 e. The summed E-state index contributed by atoms with van der Waals surface area (Å²) in [6.45, 7) is 0.722. The van der Waals surface area contributed by atoms with Crippen molar-refractivity contribution < 1.29 is 24.5 Å². The first-order valence-electron chi connectivity index (χ1n) is 6.42. The van der Waals surface area contributed by atoms with Gasteiger partial charge in [0.1, 0.15) is 17.1 Å². The van der Waals surface area contributed by atoms with E-state index in [1.54, 1.807) is 0 Å². The van der Waals surface area contributed by atoms with Gasteiger partial charge in [0, 0.05) is 13.1 Å². The van der Waals surface area contributed by atoms with Crippen LogP contribution in [0.3, 0.4) is 0 Å². The van der Waals surface area contributed by atoms with E-state index in [0.29, 0.717) is 19.4 Å². The van der Waals surface area contributed by atoms with Gasteiger partial charge in [0.2, 0.25) is 0 Å². The Balaban J connectivity index is 2.19. The van der Waals surface area contributed by atoms with Gasteiger partial charge in [-0.05, 0) is 25.0 Å². The Kier molecular flexibility index (Phi) is 4.12. The van der Waals surface area contributed by atoms with Gasteiger partial charge in [0.05, 0.1) is 13.0 Å².